The van der Waals surface area contributed by atoms with Gasteiger partial charge >= 0.3 is 0 Å². The number of amides is 1. The third-order valence-corrected chi connectivity index (χ3v) is 5.07. The number of hydrogen-bond acceptors (Lipinski definition) is 5. The van der Waals surface area contributed by atoms with Crippen molar-refractivity contribution in [3.05, 3.63) is 34.8 Å². The Balaban J connectivity index is 2.12. The monoisotopic (exact) mass is 321 g/mol. The van der Waals surface area contributed by atoms with E-state index >= 15 is 0 Å². The maximum Gasteiger partial charge on any atom is 0.237 e. The van der Waals surface area contributed by atoms with Gasteiger partial charge in [-0.25, -0.2) is 0 Å². The van der Waals surface area contributed by atoms with E-state index in [9.17, 15) is 4.79 Å². The number of aromatic nitrogens is 2. The van der Waals surface area contributed by atoms with Crippen molar-refractivity contribution < 1.29 is 4.79 Å². The normalized spacial score (nSPS) is 12.4. The molecule has 1 aromatic carbocycles. The van der Waals surface area contributed by atoms with Gasteiger partial charge in [-0.3, -0.25) is 4.79 Å². The average Bonchev–Trinajstić information content (AvgIpc) is 2.93. The number of aryl methyl sites for hydroxylation is 1. The van der Waals surface area contributed by atoms with Crippen molar-refractivity contribution in [1.82, 2.24) is 10.2 Å². The zero-order chi connectivity index (χ0) is 15.4. The average molecular weight is 321 g/mol. The van der Waals surface area contributed by atoms with Crippen LogP contribution in [-0.2, 0) is 4.79 Å². The first-order chi connectivity index (χ1) is 9.99. The fourth-order valence-corrected chi connectivity index (χ4v) is 3.61. The molecule has 0 aliphatic heterocycles. The fraction of sp³-hybridized carbons (Fsp3) is 0.400. The maximum absolute atomic E-state index is 12.4. The van der Waals surface area contributed by atoms with Gasteiger partial charge < -0.3 is 5.32 Å². The van der Waals surface area contributed by atoms with Gasteiger partial charge in [-0.05, 0) is 30.9 Å². The van der Waals surface area contributed by atoms with Gasteiger partial charge in [-0.1, -0.05) is 55.1 Å². The minimum absolute atomic E-state index is 0.00796. The molecule has 1 aromatic heterocycles. The molecular weight excluding hydrogens is 302 g/mol. The minimum Gasteiger partial charge on any atom is -0.325 e. The number of thioether (sulfide) groups is 1. The molecule has 0 radical (unpaired) electrons. The van der Waals surface area contributed by atoms with Crippen LogP contribution in [0.4, 0.5) is 5.69 Å². The quantitative estimate of drug-likeness (QED) is 0.843. The lowest BCUT2D eigenvalue weighted by molar-refractivity contribution is -0.115. The van der Waals surface area contributed by atoms with Gasteiger partial charge in [0, 0.05) is 5.69 Å². The third-order valence-electron chi connectivity index (χ3n) is 3.16. The summed E-state index contributed by atoms with van der Waals surface area (Å²) in [5.41, 5.74) is 4.85. The fourth-order valence-electron chi connectivity index (χ4n) is 1.99. The molecule has 6 heteroatoms. The number of para-hydroxylation sites is 1. The molecule has 2 rings (SSSR count). The predicted molar refractivity (Wildman–Crippen MR) is 89.1 cm³/mol. The van der Waals surface area contributed by atoms with Crippen LogP contribution in [0.3, 0.4) is 0 Å². The van der Waals surface area contributed by atoms with Crippen LogP contribution >= 0.6 is 23.1 Å². The van der Waals surface area contributed by atoms with Crippen molar-refractivity contribution in [2.24, 2.45) is 0 Å². The second-order valence-electron chi connectivity index (χ2n) is 5.15. The summed E-state index contributed by atoms with van der Waals surface area (Å²) in [7, 11) is 0. The molecule has 0 saturated heterocycles. The molecular formula is C15H19N3OS2. The Morgan fingerprint density at radius 3 is 2.71 bits per heavy atom. The molecule has 1 unspecified atom stereocenters. The Hall–Kier alpha value is -1.40. The van der Waals surface area contributed by atoms with E-state index in [-0.39, 0.29) is 11.2 Å². The summed E-state index contributed by atoms with van der Waals surface area (Å²) >= 11 is 2.88. The lowest BCUT2D eigenvalue weighted by Gasteiger charge is -2.18. The molecule has 112 valence electrons. The molecule has 0 saturated carbocycles. The van der Waals surface area contributed by atoms with Crippen LogP contribution in [0.2, 0.25) is 0 Å². The molecule has 21 heavy (non-hydrogen) atoms. The lowest BCUT2D eigenvalue weighted by atomic mass is 9.98. The van der Waals surface area contributed by atoms with E-state index in [0.717, 1.165) is 21.2 Å². The molecule has 1 amide bonds. The number of nitrogens with zero attached hydrogens (tertiary/aromatic N) is 2. The smallest absolute Gasteiger partial charge is 0.237 e. The van der Waals surface area contributed by atoms with E-state index < -0.39 is 0 Å². The molecule has 1 N–H and O–H groups in total. The van der Waals surface area contributed by atoms with Crippen LogP contribution < -0.4 is 5.32 Å². The molecule has 0 bridgehead atoms. The van der Waals surface area contributed by atoms with Gasteiger partial charge in [0.05, 0.1) is 5.25 Å². The summed E-state index contributed by atoms with van der Waals surface area (Å²) in [6.07, 6.45) is 0. The SMILES string of the molecule is Cc1cccc(C(C)C)c1NC(=O)C(C)Sc1nncs1. The first kappa shape index (κ1) is 16.0. The molecule has 0 spiro atoms. The lowest BCUT2D eigenvalue weighted by Crippen LogP contribution is -2.23. The number of nitrogens with one attached hydrogen (secondary N) is 1. The van der Waals surface area contributed by atoms with Crippen molar-refractivity contribution in [3.63, 3.8) is 0 Å². The number of hydrogen-bond donors (Lipinski definition) is 1. The Morgan fingerprint density at radius 2 is 2.10 bits per heavy atom. The highest BCUT2D eigenvalue weighted by Gasteiger charge is 2.19. The van der Waals surface area contributed by atoms with Crippen molar-refractivity contribution >= 4 is 34.7 Å². The Morgan fingerprint density at radius 1 is 1.33 bits per heavy atom. The van der Waals surface area contributed by atoms with Crippen molar-refractivity contribution in [3.8, 4) is 0 Å². The predicted octanol–water partition coefficient (Wildman–Crippen LogP) is 4.09. The zero-order valence-electron chi connectivity index (χ0n) is 12.6. The number of carbonyl (C=O) groups is 1. The van der Waals surface area contributed by atoms with E-state index in [4.69, 9.17) is 0 Å². The molecule has 0 aliphatic carbocycles. The van der Waals surface area contributed by atoms with Crippen LogP contribution in [0.5, 0.6) is 0 Å². The first-order valence-electron chi connectivity index (χ1n) is 6.82. The van der Waals surface area contributed by atoms with Crippen LogP contribution in [0.15, 0.2) is 28.0 Å². The van der Waals surface area contributed by atoms with Crippen LogP contribution in [0.1, 0.15) is 37.8 Å². The van der Waals surface area contributed by atoms with Crippen LogP contribution in [0, 0.1) is 6.92 Å². The molecule has 4 nitrogen and oxygen atoms in total. The van der Waals surface area contributed by atoms with E-state index in [1.807, 2.05) is 26.0 Å². The summed E-state index contributed by atoms with van der Waals surface area (Å²) in [6, 6.07) is 6.11. The summed E-state index contributed by atoms with van der Waals surface area (Å²) in [4.78, 5) is 12.4. The second kappa shape index (κ2) is 7.04. The highest BCUT2D eigenvalue weighted by Crippen LogP contribution is 2.29. The molecule has 1 atom stereocenters. The highest BCUT2D eigenvalue weighted by molar-refractivity contribution is 8.02. The van der Waals surface area contributed by atoms with Crippen LogP contribution in [0.25, 0.3) is 0 Å². The number of rotatable bonds is 5. The van der Waals surface area contributed by atoms with Gasteiger partial charge in [-0.2, -0.15) is 0 Å². The Bertz CT molecular complexity index is 611. The maximum atomic E-state index is 12.4. The van der Waals surface area contributed by atoms with Crippen LogP contribution in [-0.4, -0.2) is 21.4 Å². The largest absolute Gasteiger partial charge is 0.325 e. The molecule has 0 aliphatic rings. The van der Waals surface area contributed by atoms with E-state index in [2.05, 4.69) is 35.4 Å². The van der Waals surface area contributed by atoms with E-state index in [1.54, 1.807) is 5.51 Å². The van der Waals surface area contributed by atoms with Crippen molar-refractivity contribution in [2.75, 3.05) is 5.32 Å². The standard InChI is InChI=1S/C15H19N3OS2/c1-9(2)12-7-5-6-10(3)13(12)17-14(19)11(4)21-15-18-16-8-20-15/h5-9,11H,1-4H3,(H,17,19). The number of carbonyl (C=O) groups excluding carboxylic acids is 1. The topological polar surface area (TPSA) is 54.9 Å². The van der Waals surface area contributed by atoms with E-state index in [0.29, 0.717) is 5.92 Å². The highest BCUT2D eigenvalue weighted by atomic mass is 32.2. The first-order valence-corrected chi connectivity index (χ1v) is 8.58. The van der Waals surface area contributed by atoms with Crippen molar-refractivity contribution in [1.29, 1.82) is 0 Å². The second-order valence-corrected chi connectivity index (χ2v) is 7.57. The molecule has 2 aromatic rings. The van der Waals surface area contributed by atoms with Gasteiger partial charge in [0.2, 0.25) is 5.91 Å². The minimum atomic E-state index is -0.211. The van der Waals surface area contributed by atoms with E-state index in [1.165, 1.54) is 23.1 Å². The molecule has 1 heterocycles. The number of anilines is 1. The zero-order valence-corrected chi connectivity index (χ0v) is 14.2. The summed E-state index contributed by atoms with van der Waals surface area (Å²) < 4.78 is 0.812. The summed E-state index contributed by atoms with van der Waals surface area (Å²) in [5, 5.41) is 10.6. The van der Waals surface area contributed by atoms with Gasteiger partial charge in [0.1, 0.15) is 5.51 Å². The third kappa shape index (κ3) is 4.04. The Labute approximate surface area is 133 Å². The summed E-state index contributed by atoms with van der Waals surface area (Å²) in [6.45, 7) is 8.16. The molecule has 0 fully saturated rings. The van der Waals surface area contributed by atoms with Crippen molar-refractivity contribution in [2.45, 2.75) is 43.2 Å². The van der Waals surface area contributed by atoms with Gasteiger partial charge in [-0.15, -0.1) is 10.2 Å². The Kier molecular flexibility index (Phi) is 5.36. The summed E-state index contributed by atoms with van der Waals surface area (Å²) in [5.74, 6) is 0.359. The van der Waals surface area contributed by atoms with Gasteiger partial charge in [0.15, 0.2) is 4.34 Å². The van der Waals surface area contributed by atoms with Gasteiger partial charge in [0.25, 0.3) is 0 Å². The number of benzene rings is 1.